The molecule has 0 atom stereocenters. The number of hydrogen-bond acceptors (Lipinski definition) is 7. The van der Waals surface area contributed by atoms with E-state index in [9.17, 15) is 10.1 Å². The molecular formula is C12H14N4O3S. The normalized spacial score (nSPS) is 11.6. The number of nitro groups is 1. The molecule has 106 valence electrons. The van der Waals surface area contributed by atoms with Crippen LogP contribution in [-0.4, -0.2) is 15.1 Å². The summed E-state index contributed by atoms with van der Waals surface area (Å²) in [7, 11) is 0. The van der Waals surface area contributed by atoms with Crippen LogP contribution in [0.15, 0.2) is 33.7 Å². The van der Waals surface area contributed by atoms with Crippen molar-refractivity contribution in [1.29, 1.82) is 0 Å². The van der Waals surface area contributed by atoms with Gasteiger partial charge in [-0.3, -0.25) is 10.1 Å². The first kappa shape index (κ1) is 14.5. The Hall–Kier alpha value is -1.93. The zero-order valence-electron chi connectivity index (χ0n) is 11.1. The van der Waals surface area contributed by atoms with Crippen molar-refractivity contribution in [3.8, 4) is 0 Å². The monoisotopic (exact) mass is 294 g/mol. The summed E-state index contributed by atoms with van der Waals surface area (Å²) >= 11 is 1.46. The third kappa shape index (κ3) is 3.55. The molecule has 0 saturated carbocycles. The quantitative estimate of drug-likeness (QED) is 0.512. The summed E-state index contributed by atoms with van der Waals surface area (Å²) in [5.74, 6) is 1.42. The first-order valence-electron chi connectivity index (χ1n) is 5.85. The first-order chi connectivity index (χ1) is 9.36. The van der Waals surface area contributed by atoms with Crippen molar-refractivity contribution in [2.45, 2.75) is 30.0 Å². The molecule has 0 bridgehead atoms. The van der Waals surface area contributed by atoms with E-state index in [1.54, 1.807) is 26.0 Å². The fourth-order valence-electron chi connectivity index (χ4n) is 1.38. The predicted molar refractivity (Wildman–Crippen MR) is 74.2 cm³/mol. The van der Waals surface area contributed by atoms with Crippen molar-refractivity contribution in [2.75, 3.05) is 0 Å². The molecule has 0 radical (unpaired) electrons. The Balaban J connectivity index is 1.98. The molecule has 0 aliphatic heterocycles. The molecule has 0 spiro atoms. The number of non-ortho nitro benzene ring substituents is 1. The van der Waals surface area contributed by atoms with Crippen LogP contribution in [-0.2, 0) is 11.3 Å². The van der Waals surface area contributed by atoms with E-state index in [4.69, 9.17) is 10.3 Å². The molecule has 0 saturated heterocycles. The zero-order valence-corrected chi connectivity index (χ0v) is 11.9. The molecule has 2 rings (SSSR count). The standard InChI is InChI=1S/C12H14N4O3S/c1-12(2,13)11-14-10(19-15-11)7-20-9-5-3-8(4-6-9)16(17)18/h3-6H,7,13H2,1-2H3. The summed E-state index contributed by atoms with van der Waals surface area (Å²) in [5, 5.41) is 14.4. The molecule has 0 unspecified atom stereocenters. The van der Waals surface area contributed by atoms with Crippen LogP contribution in [0.25, 0.3) is 0 Å². The van der Waals surface area contributed by atoms with Gasteiger partial charge in [0.2, 0.25) is 5.89 Å². The molecule has 1 heterocycles. The number of rotatable bonds is 5. The summed E-state index contributed by atoms with van der Waals surface area (Å²) in [6.07, 6.45) is 0. The van der Waals surface area contributed by atoms with Gasteiger partial charge in [0.05, 0.1) is 16.2 Å². The van der Waals surface area contributed by atoms with Gasteiger partial charge in [-0.15, -0.1) is 11.8 Å². The number of nitrogens with two attached hydrogens (primary N) is 1. The summed E-state index contributed by atoms with van der Waals surface area (Å²) in [6, 6.07) is 6.30. The molecule has 0 aliphatic rings. The molecule has 20 heavy (non-hydrogen) atoms. The number of aromatic nitrogens is 2. The van der Waals surface area contributed by atoms with Crippen LogP contribution < -0.4 is 5.73 Å². The molecule has 0 aliphatic carbocycles. The number of nitrogens with zero attached hydrogens (tertiary/aromatic N) is 3. The topological polar surface area (TPSA) is 108 Å². The molecule has 1 aromatic heterocycles. The first-order valence-corrected chi connectivity index (χ1v) is 6.84. The Kier molecular flexibility index (Phi) is 4.05. The molecule has 0 amide bonds. The Labute approximate surface area is 119 Å². The lowest BCUT2D eigenvalue weighted by molar-refractivity contribution is -0.384. The van der Waals surface area contributed by atoms with Crippen LogP contribution in [0.2, 0.25) is 0 Å². The van der Waals surface area contributed by atoms with E-state index in [-0.39, 0.29) is 5.69 Å². The van der Waals surface area contributed by atoms with E-state index in [0.29, 0.717) is 17.5 Å². The molecule has 1 aromatic carbocycles. The van der Waals surface area contributed by atoms with Crippen LogP contribution in [0.4, 0.5) is 5.69 Å². The van der Waals surface area contributed by atoms with Gasteiger partial charge in [0, 0.05) is 17.0 Å². The SMILES string of the molecule is CC(C)(N)c1noc(CSc2ccc([N+](=O)[O-])cc2)n1. The van der Waals surface area contributed by atoms with Gasteiger partial charge in [0.1, 0.15) is 0 Å². The maximum absolute atomic E-state index is 10.5. The Morgan fingerprint density at radius 3 is 2.55 bits per heavy atom. The van der Waals surface area contributed by atoms with Crippen LogP contribution in [0.1, 0.15) is 25.6 Å². The van der Waals surface area contributed by atoms with Crippen molar-refractivity contribution in [2.24, 2.45) is 5.73 Å². The van der Waals surface area contributed by atoms with Crippen LogP contribution in [0, 0.1) is 10.1 Å². The van der Waals surface area contributed by atoms with Crippen molar-refractivity contribution >= 4 is 17.4 Å². The Morgan fingerprint density at radius 1 is 1.40 bits per heavy atom. The summed E-state index contributed by atoms with van der Waals surface area (Å²) in [4.78, 5) is 15.2. The lowest BCUT2D eigenvalue weighted by Crippen LogP contribution is -2.30. The third-order valence-corrected chi connectivity index (χ3v) is 3.45. The largest absolute Gasteiger partial charge is 0.338 e. The van der Waals surface area contributed by atoms with E-state index >= 15 is 0 Å². The summed E-state index contributed by atoms with van der Waals surface area (Å²) in [6.45, 7) is 3.59. The van der Waals surface area contributed by atoms with Gasteiger partial charge >= 0.3 is 0 Å². The van der Waals surface area contributed by atoms with E-state index in [1.807, 2.05) is 0 Å². The number of hydrogen-bond donors (Lipinski definition) is 1. The minimum atomic E-state index is -0.639. The third-order valence-electron chi connectivity index (χ3n) is 2.45. The highest BCUT2D eigenvalue weighted by molar-refractivity contribution is 7.98. The highest BCUT2D eigenvalue weighted by Crippen LogP contribution is 2.25. The zero-order chi connectivity index (χ0) is 14.8. The minimum absolute atomic E-state index is 0.0688. The number of nitro benzene ring substituents is 1. The second-order valence-electron chi connectivity index (χ2n) is 4.77. The fraction of sp³-hybridized carbons (Fsp3) is 0.333. The second kappa shape index (κ2) is 5.59. The van der Waals surface area contributed by atoms with Crippen molar-refractivity contribution in [3.05, 3.63) is 46.1 Å². The van der Waals surface area contributed by atoms with E-state index in [2.05, 4.69) is 10.1 Å². The summed E-state index contributed by atoms with van der Waals surface area (Å²) in [5.41, 5.74) is 5.30. The second-order valence-corrected chi connectivity index (χ2v) is 5.82. The van der Waals surface area contributed by atoms with Crippen LogP contribution >= 0.6 is 11.8 Å². The van der Waals surface area contributed by atoms with E-state index < -0.39 is 10.5 Å². The lowest BCUT2D eigenvalue weighted by atomic mass is 10.1. The Bertz CT molecular complexity index is 604. The molecule has 2 aromatic rings. The van der Waals surface area contributed by atoms with Gasteiger partial charge in [-0.1, -0.05) is 5.16 Å². The van der Waals surface area contributed by atoms with Gasteiger partial charge in [-0.2, -0.15) is 4.98 Å². The smallest absolute Gasteiger partial charge is 0.269 e. The highest BCUT2D eigenvalue weighted by atomic mass is 32.2. The summed E-state index contributed by atoms with van der Waals surface area (Å²) < 4.78 is 5.10. The lowest BCUT2D eigenvalue weighted by Gasteiger charge is -2.11. The van der Waals surface area contributed by atoms with Crippen LogP contribution in [0.3, 0.4) is 0 Å². The maximum Gasteiger partial charge on any atom is 0.269 e. The van der Waals surface area contributed by atoms with Gasteiger partial charge in [0.15, 0.2) is 5.82 Å². The molecule has 7 nitrogen and oxygen atoms in total. The molecular weight excluding hydrogens is 280 g/mol. The van der Waals surface area contributed by atoms with Gasteiger partial charge in [-0.05, 0) is 26.0 Å². The fourth-order valence-corrected chi connectivity index (χ4v) is 2.12. The van der Waals surface area contributed by atoms with Gasteiger partial charge < -0.3 is 10.3 Å². The van der Waals surface area contributed by atoms with Crippen LogP contribution in [0.5, 0.6) is 0 Å². The number of thioether (sulfide) groups is 1. The van der Waals surface area contributed by atoms with E-state index in [0.717, 1.165) is 4.90 Å². The maximum atomic E-state index is 10.5. The average molecular weight is 294 g/mol. The predicted octanol–water partition coefficient (Wildman–Crippen LogP) is 2.46. The molecule has 0 fully saturated rings. The molecule has 2 N–H and O–H groups in total. The average Bonchev–Trinajstić information content (AvgIpc) is 2.85. The van der Waals surface area contributed by atoms with Crippen molar-refractivity contribution < 1.29 is 9.45 Å². The number of benzene rings is 1. The molecule has 8 heteroatoms. The minimum Gasteiger partial charge on any atom is -0.338 e. The van der Waals surface area contributed by atoms with Crippen molar-refractivity contribution in [1.82, 2.24) is 10.1 Å². The van der Waals surface area contributed by atoms with E-state index in [1.165, 1.54) is 23.9 Å². The Morgan fingerprint density at radius 2 is 2.05 bits per heavy atom. The van der Waals surface area contributed by atoms with Gasteiger partial charge in [0.25, 0.3) is 5.69 Å². The highest BCUT2D eigenvalue weighted by Gasteiger charge is 2.21. The van der Waals surface area contributed by atoms with Gasteiger partial charge in [-0.25, -0.2) is 0 Å². The van der Waals surface area contributed by atoms with Crippen molar-refractivity contribution in [3.63, 3.8) is 0 Å².